The molecule has 4 aromatic rings. The zero-order valence-electron chi connectivity index (χ0n) is 21.7. The second-order valence-electron chi connectivity index (χ2n) is 9.52. The van der Waals surface area contributed by atoms with Crippen LogP contribution in [0.4, 0.5) is 0 Å². The Bertz CT molecular complexity index is 1410. The molecule has 208 valence electrons. The minimum absolute atomic E-state index is 0.00860. The number of thiazole rings is 1. The van der Waals surface area contributed by atoms with E-state index in [-0.39, 0.29) is 37.6 Å². The minimum atomic E-state index is -0.994. The molecule has 2 heterocycles. The lowest BCUT2D eigenvalue weighted by Gasteiger charge is -2.36. The summed E-state index contributed by atoms with van der Waals surface area (Å²) in [5, 5.41) is 20.9. The molecule has 1 saturated heterocycles. The third kappa shape index (κ3) is 7.47. The number of thioether (sulfide) groups is 1. The molecular weight excluding hydrogens is 548 g/mol. The Morgan fingerprint density at radius 3 is 2.40 bits per heavy atom. The van der Waals surface area contributed by atoms with Crippen LogP contribution < -0.4 is 5.32 Å². The number of nitrogens with one attached hydrogen (secondary N) is 1. The zero-order valence-corrected chi connectivity index (χ0v) is 23.3. The van der Waals surface area contributed by atoms with E-state index >= 15 is 0 Å². The van der Waals surface area contributed by atoms with E-state index < -0.39 is 12.3 Å². The van der Waals surface area contributed by atoms with Gasteiger partial charge in [-0.1, -0.05) is 72.4 Å². The van der Waals surface area contributed by atoms with Gasteiger partial charge in [-0.25, -0.2) is 4.98 Å². The van der Waals surface area contributed by atoms with Gasteiger partial charge in [0.2, 0.25) is 5.91 Å². The average molecular weight is 579 g/mol. The van der Waals surface area contributed by atoms with Crippen LogP contribution in [0, 0.1) is 0 Å². The second-order valence-corrected chi connectivity index (χ2v) is 11.8. The first-order valence-electron chi connectivity index (χ1n) is 13.0. The number of nitrogens with zero attached hydrogens (tertiary/aromatic N) is 1. The standard InChI is InChI=1S/C30H30N2O6S2/c33-17-20-7-9-21(10-8-20)25-15-23(18-39-30-32-24-3-1-2-4-26(24)40-30)37-29(38-25)22-11-5-19(6-12-22)16-31-27(34)13-14-28(35)36/h1-12,23,25,29,33H,13-18H2,(H,31,34)(H,35,36)/t23-,25+,29+/m0/s1. The van der Waals surface area contributed by atoms with E-state index in [9.17, 15) is 14.7 Å². The van der Waals surface area contributed by atoms with Crippen molar-refractivity contribution < 1.29 is 29.3 Å². The Kier molecular flexibility index (Phi) is 9.45. The van der Waals surface area contributed by atoms with Gasteiger partial charge in [-0.05, 0) is 28.8 Å². The molecule has 1 aliphatic heterocycles. The van der Waals surface area contributed by atoms with Gasteiger partial charge in [-0.2, -0.15) is 0 Å². The molecule has 1 aliphatic rings. The van der Waals surface area contributed by atoms with Crippen LogP contribution >= 0.6 is 23.1 Å². The van der Waals surface area contributed by atoms with Crippen molar-refractivity contribution in [1.29, 1.82) is 0 Å². The third-order valence-corrected chi connectivity index (χ3v) is 8.90. The monoisotopic (exact) mass is 578 g/mol. The van der Waals surface area contributed by atoms with Crippen LogP contribution in [0.2, 0.25) is 0 Å². The predicted molar refractivity (Wildman–Crippen MR) is 154 cm³/mol. The van der Waals surface area contributed by atoms with Gasteiger partial charge in [-0.15, -0.1) is 11.3 Å². The lowest BCUT2D eigenvalue weighted by molar-refractivity contribution is -0.245. The SMILES string of the molecule is O=C(O)CCC(=O)NCc1ccc([C@@H]2O[C@H](CSc3nc4ccccc4s3)C[C@H](c3ccc(CO)cc3)O2)cc1. The highest BCUT2D eigenvalue weighted by Gasteiger charge is 2.32. The van der Waals surface area contributed by atoms with Gasteiger partial charge in [0, 0.05) is 30.7 Å². The fourth-order valence-electron chi connectivity index (χ4n) is 4.40. The van der Waals surface area contributed by atoms with E-state index in [1.807, 2.05) is 66.7 Å². The van der Waals surface area contributed by atoms with Crippen LogP contribution in [0.15, 0.2) is 77.1 Å². The Balaban J connectivity index is 1.27. The summed E-state index contributed by atoms with van der Waals surface area (Å²) in [6.45, 7) is 0.303. The van der Waals surface area contributed by atoms with Gasteiger partial charge < -0.3 is 25.0 Å². The number of aliphatic carboxylic acids is 1. The summed E-state index contributed by atoms with van der Waals surface area (Å²) in [5.74, 6) is -0.564. The molecule has 1 amide bonds. The summed E-state index contributed by atoms with van der Waals surface area (Å²) < 4.78 is 15.0. The number of amides is 1. The number of fused-ring (bicyclic) bond motifs is 1. The molecule has 0 radical (unpaired) electrons. The van der Waals surface area contributed by atoms with E-state index in [2.05, 4.69) is 11.4 Å². The van der Waals surface area contributed by atoms with Gasteiger partial charge in [0.25, 0.3) is 0 Å². The number of carboxylic acids is 1. The number of rotatable bonds is 11. The van der Waals surface area contributed by atoms with E-state index in [4.69, 9.17) is 19.6 Å². The topological polar surface area (TPSA) is 118 Å². The molecule has 0 saturated carbocycles. The predicted octanol–water partition coefficient (Wildman–Crippen LogP) is 5.61. The van der Waals surface area contributed by atoms with Crippen LogP contribution in [-0.2, 0) is 32.2 Å². The first-order valence-corrected chi connectivity index (χ1v) is 14.8. The van der Waals surface area contributed by atoms with Crippen molar-refractivity contribution in [2.75, 3.05) is 5.75 Å². The maximum atomic E-state index is 11.9. The maximum absolute atomic E-state index is 11.9. The van der Waals surface area contributed by atoms with Crippen LogP contribution in [0.3, 0.4) is 0 Å². The molecule has 40 heavy (non-hydrogen) atoms. The quantitative estimate of drug-likeness (QED) is 0.197. The second kappa shape index (κ2) is 13.4. The summed E-state index contributed by atoms with van der Waals surface area (Å²) in [4.78, 5) is 27.3. The Hall–Kier alpha value is -3.28. The van der Waals surface area contributed by atoms with E-state index in [0.29, 0.717) is 13.0 Å². The van der Waals surface area contributed by atoms with E-state index in [1.54, 1.807) is 23.1 Å². The van der Waals surface area contributed by atoms with Crippen molar-refractivity contribution in [3.63, 3.8) is 0 Å². The molecule has 5 rings (SSSR count). The van der Waals surface area contributed by atoms with Crippen LogP contribution in [0.1, 0.15) is 53.9 Å². The first-order chi connectivity index (χ1) is 19.5. The van der Waals surface area contributed by atoms with Crippen molar-refractivity contribution in [2.24, 2.45) is 0 Å². The van der Waals surface area contributed by atoms with Gasteiger partial charge in [-0.3, -0.25) is 9.59 Å². The van der Waals surface area contributed by atoms with E-state index in [1.165, 1.54) is 0 Å². The smallest absolute Gasteiger partial charge is 0.303 e. The fraction of sp³-hybridized carbons (Fsp3) is 0.300. The van der Waals surface area contributed by atoms with Crippen LogP contribution in [0.5, 0.6) is 0 Å². The number of carbonyl (C=O) groups excluding carboxylic acids is 1. The Morgan fingerprint density at radius 1 is 0.950 bits per heavy atom. The lowest BCUT2D eigenvalue weighted by Crippen LogP contribution is -2.31. The number of para-hydroxylation sites is 1. The summed E-state index contributed by atoms with van der Waals surface area (Å²) in [6.07, 6.45) is -0.381. The molecule has 3 aromatic carbocycles. The number of aliphatic hydroxyl groups is 1. The van der Waals surface area contributed by atoms with Gasteiger partial charge >= 0.3 is 5.97 Å². The minimum Gasteiger partial charge on any atom is -0.481 e. The fourth-order valence-corrected chi connectivity index (χ4v) is 6.51. The molecule has 3 N–H and O–H groups in total. The number of hydrogen-bond acceptors (Lipinski definition) is 8. The van der Waals surface area contributed by atoms with Crippen molar-refractivity contribution in [1.82, 2.24) is 10.3 Å². The highest BCUT2D eigenvalue weighted by molar-refractivity contribution is 8.01. The average Bonchev–Trinajstić information content (AvgIpc) is 3.41. The first kappa shape index (κ1) is 28.3. The lowest BCUT2D eigenvalue weighted by atomic mass is 10.0. The van der Waals surface area contributed by atoms with Crippen molar-refractivity contribution in [2.45, 2.75) is 55.3 Å². The molecule has 0 bridgehead atoms. The third-order valence-electron chi connectivity index (χ3n) is 6.59. The molecule has 0 unspecified atom stereocenters. The molecule has 10 heteroatoms. The molecular formula is C30H30N2O6S2. The Morgan fingerprint density at radius 2 is 1.68 bits per heavy atom. The van der Waals surface area contributed by atoms with Crippen molar-refractivity contribution in [3.05, 3.63) is 95.1 Å². The number of carboxylic acid groups (broad SMARTS) is 1. The van der Waals surface area contributed by atoms with Crippen LogP contribution in [-0.4, -0.2) is 38.9 Å². The number of carbonyl (C=O) groups is 2. The molecule has 1 aromatic heterocycles. The number of hydrogen-bond donors (Lipinski definition) is 3. The van der Waals surface area contributed by atoms with Gasteiger partial charge in [0.05, 0.1) is 35.5 Å². The molecule has 8 nitrogen and oxygen atoms in total. The largest absolute Gasteiger partial charge is 0.481 e. The van der Waals surface area contributed by atoms with Crippen molar-refractivity contribution >= 4 is 45.2 Å². The van der Waals surface area contributed by atoms with Gasteiger partial charge in [0.15, 0.2) is 10.6 Å². The summed E-state index contributed by atoms with van der Waals surface area (Å²) in [5.41, 5.74) is 4.64. The van der Waals surface area contributed by atoms with Crippen molar-refractivity contribution in [3.8, 4) is 0 Å². The molecule has 0 spiro atoms. The van der Waals surface area contributed by atoms with E-state index in [0.717, 1.165) is 42.6 Å². The van der Waals surface area contributed by atoms with Crippen LogP contribution in [0.25, 0.3) is 10.2 Å². The number of aliphatic hydroxyl groups excluding tert-OH is 1. The number of benzene rings is 3. The summed E-state index contributed by atoms with van der Waals surface area (Å²) in [7, 11) is 0. The van der Waals surface area contributed by atoms with Gasteiger partial charge in [0.1, 0.15) is 0 Å². The highest BCUT2D eigenvalue weighted by Crippen LogP contribution is 2.40. The zero-order chi connectivity index (χ0) is 27.9. The number of ether oxygens (including phenoxy) is 2. The Labute approximate surface area is 240 Å². The molecule has 1 fully saturated rings. The summed E-state index contributed by atoms with van der Waals surface area (Å²) >= 11 is 3.37. The molecule has 0 aliphatic carbocycles. The molecule has 3 atom stereocenters. The highest BCUT2D eigenvalue weighted by atomic mass is 32.2. The summed E-state index contributed by atoms with van der Waals surface area (Å²) in [6, 6.07) is 23.6. The maximum Gasteiger partial charge on any atom is 0.303 e. The number of aromatic nitrogens is 1. The normalized spacial score (nSPS) is 19.0.